The van der Waals surface area contributed by atoms with Crippen LogP contribution in [0.15, 0.2) is 28.9 Å². The van der Waals surface area contributed by atoms with E-state index in [1.54, 1.807) is 0 Å². The molecule has 0 saturated heterocycles. The van der Waals surface area contributed by atoms with E-state index in [1.807, 2.05) is 6.20 Å². The fourth-order valence-electron chi connectivity index (χ4n) is 2.17. The molecule has 1 aliphatic heterocycles. The Morgan fingerprint density at radius 1 is 1.33 bits per heavy atom. The largest absolute Gasteiger partial charge is 0.312 e. The molecular formula is C14H14BrN3. The quantitative estimate of drug-likeness (QED) is 0.880. The number of aryl methyl sites for hydroxylation is 1. The molecule has 0 bridgehead atoms. The molecule has 1 aliphatic rings. The molecule has 2 aromatic rings. The van der Waals surface area contributed by atoms with E-state index >= 15 is 0 Å². The van der Waals surface area contributed by atoms with Gasteiger partial charge in [-0.3, -0.25) is 0 Å². The number of nitrogens with one attached hydrogen (secondary N) is 1. The molecule has 0 atom stereocenters. The average Bonchev–Trinajstić information content (AvgIpc) is 2.38. The Kier molecular flexibility index (Phi) is 3.14. The highest BCUT2D eigenvalue weighted by Crippen LogP contribution is 2.27. The molecule has 3 nitrogen and oxygen atoms in total. The van der Waals surface area contributed by atoms with Crippen LogP contribution in [0.1, 0.15) is 16.8 Å². The molecule has 4 heteroatoms. The summed E-state index contributed by atoms with van der Waals surface area (Å²) in [5, 5.41) is 3.33. The van der Waals surface area contributed by atoms with Gasteiger partial charge in [0, 0.05) is 41.3 Å². The van der Waals surface area contributed by atoms with Gasteiger partial charge in [0.25, 0.3) is 0 Å². The number of aromatic nitrogens is 2. The van der Waals surface area contributed by atoms with E-state index in [0.29, 0.717) is 0 Å². The normalized spacial score (nSPS) is 14.3. The first-order valence-electron chi connectivity index (χ1n) is 6.06. The molecule has 0 radical (unpaired) electrons. The van der Waals surface area contributed by atoms with Crippen LogP contribution in [-0.2, 0) is 13.0 Å². The first kappa shape index (κ1) is 11.8. The highest BCUT2D eigenvalue weighted by Gasteiger charge is 2.13. The predicted octanol–water partition coefficient (Wildman–Crippen LogP) is 2.86. The van der Waals surface area contributed by atoms with E-state index in [2.05, 4.69) is 51.4 Å². The summed E-state index contributed by atoms with van der Waals surface area (Å²) in [6, 6.07) is 6.26. The molecule has 0 unspecified atom stereocenters. The molecule has 92 valence electrons. The van der Waals surface area contributed by atoms with Crippen molar-refractivity contribution in [3.05, 3.63) is 45.7 Å². The Hall–Kier alpha value is -1.26. The van der Waals surface area contributed by atoms with Crippen molar-refractivity contribution in [2.24, 2.45) is 0 Å². The second-order valence-corrected chi connectivity index (χ2v) is 5.43. The minimum atomic E-state index is 0.808. The zero-order chi connectivity index (χ0) is 12.5. The Balaban J connectivity index is 2.06. The molecule has 2 heterocycles. The topological polar surface area (TPSA) is 37.8 Å². The molecule has 18 heavy (non-hydrogen) atoms. The number of halogens is 1. The van der Waals surface area contributed by atoms with E-state index in [1.165, 1.54) is 16.8 Å². The molecular weight excluding hydrogens is 290 g/mol. The number of fused-ring (bicyclic) bond motifs is 1. The third-order valence-electron chi connectivity index (χ3n) is 3.17. The molecule has 1 aromatic carbocycles. The maximum atomic E-state index is 4.69. The first-order chi connectivity index (χ1) is 8.74. The van der Waals surface area contributed by atoms with Crippen molar-refractivity contribution in [1.82, 2.24) is 15.3 Å². The minimum Gasteiger partial charge on any atom is -0.312 e. The lowest BCUT2D eigenvalue weighted by Gasteiger charge is -2.16. The highest BCUT2D eigenvalue weighted by molar-refractivity contribution is 9.10. The van der Waals surface area contributed by atoms with Gasteiger partial charge < -0.3 is 5.32 Å². The van der Waals surface area contributed by atoms with Gasteiger partial charge in [-0.25, -0.2) is 9.97 Å². The standard InChI is InChI=1S/C14H14BrN3/c1-9-2-3-11(12(15)6-9)14-17-8-10-7-16-5-4-13(10)18-14/h2-3,6,8,16H,4-5,7H2,1H3. The maximum absolute atomic E-state index is 4.69. The Morgan fingerprint density at radius 3 is 3.06 bits per heavy atom. The van der Waals surface area contributed by atoms with E-state index < -0.39 is 0 Å². The van der Waals surface area contributed by atoms with E-state index in [9.17, 15) is 0 Å². The van der Waals surface area contributed by atoms with Gasteiger partial charge in [0.1, 0.15) is 0 Å². The van der Waals surface area contributed by atoms with Crippen LogP contribution in [-0.4, -0.2) is 16.5 Å². The van der Waals surface area contributed by atoms with Crippen LogP contribution in [0.5, 0.6) is 0 Å². The van der Waals surface area contributed by atoms with Crippen LogP contribution in [0.3, 0.4) is 0 Å². The summed E-state index contributed by atoms with van der Waals surface area (Å²) in [4.78, 5) is 9.16. The zero-order valence-electron chi connectivity index (χ0n) is 10.2. The SMILES string of the molecule is Cc1ccc(-c2ncc3c(n2)CCNC3)c(Br)c1. The summed E-state index contributed by atoms with van der Waals surface area (Å²) in [6.45, 7) is 3.96. The van der Waals surface area contributed by atoms with Gasteiger partial charge in [0.2, 0.25) is 0 Å². The highest BCUT2D eigenvalue weighted by atomic mass is 79.9. The third-order valence-corrected chi connectivity index (χ3v) is 3.83. The van der Waals surface area contributed by atoms with Crippen LogP contribution in [0.25, 0.3) is 11.4 Å². The van der Waals surface area contributed by atoms with Crippen molar-refractivity contribution in [1.29, 1.82) is 0 Å². The molecule has 0 fully saturated rings. The van der Waals surface area contributed by atoms with Crippen LogP contribution in [0, 0.1) is 6.92 Å². The number of nitrogens with zero attached hydrogens (tertiary/aromatic N) is 2. The van der Waals surface area contributed by atoms with Gasteiger partial charge in [-0.15, -0.1) is 0 Å². The number of hydrogen-bond acceptors (Lipinski definition) is 3. The van der Waals surface area contributed by atoms with Crippen LogP contribution in [0.2, 0.25) is 0 Å². The fourth-order valence-corrected chi connectivity index (χ4v) is 2.84. The van der Waals surface area contributed by atoms with Crippen molar-refractivity contribution >= 4 is 15.9 Å². The van der Waals surface area contributed by atoms with Crippen LogP contribution < -0.4 is 5.32 Å². The Labute approximate surface area is 115 Å². The smallest absolute Gasteiger partial charge is 0.160 e. The van der Waals surface area contributed by atoms with E-state index in [-0.39, 0.29) is 0 Å². The third kappa shape index (κ3) is 2.18. The molecule has 1 N–H and O–H groups in total. The Bertz CT molecular complexity index is 596. The predicted molar refractivity (Wildman–Crippen MR) is 75.3 cm³/mol. The minimum absolute atomic E-state index is 0.808. The molecule has 0 aliphatic carbocycles. The summed E-state index contributed by atoms with van der Waals surface area (Å²) in [5.74, 6) is 0.808. The van der Waals surface area contributed by atoms with Crippen molar-refractivity contribution < 1.29 is 0 Å². The lowest BCUT2D eigenvalue weighted by molar-refractivity contribution is 0.626. The number of benzene rings is 1. The summed E-state index contributed by atoms with van der Waals surface area (Å²) in [6.07, 6.45) is 2.92. The van der Waals surface area contributed by atoms with Crippen LogP contribution in [0.4, 0.5) is 0 Å². The summed E-state index contributed by atoms with van der Waals surface area (Å²) < 4.78 is 1.05. The fraction of sp³-hybridized carbons (Fsp3) is 0.286. The summed E-state index contributed by atoms with van der Waals surface area (Å²) >= 11 is 3.59. The number of rotatable bonds is 1. The maximum Gasteiger partial charge on any atom is 0.160 e. The first-order valence-corrected chi connectivity index (χ1v) is 6.85. The number of hydrogen-bond donors (Lipinski definition) is 1. The van der Waals surface area contributed by atoms with E-state index in [4.69, 9.17) is 4.98 Å². The molecule has 3 rings (SSSR count). The average molecular weight is 304 g/mol. The van der Waals surface area contributed by atoms with Crippen molar-refractivity contribution in [3.8, 4) is 11.4 Å². The molecule has 0 saturated carbocycles. The summed E-state index contributed by atoms with van der Waals surface area (Å²) in [5.41, 5.74) is 4.68. The van der Waals surface area contributed by atoms with Gasteiger partial charge in [-0.2, -0.15) is 0 Å². The second kappa shape index (κ2) is 4.78. The van der Waals surface area contributed by atoms with Gasteiger partial charge in [-0.05, 0) is 24.6 Å². The van der Waals surface area contributed by atoms with Crippen molar-refractivity contribution in [2.75, 3.05) is 6.54 Å². The molecule has 0 spiro atoms. The van der Waals surface area contributed by atoms with Gasteiger partial charge in [0.15, 0.2) is 5.82 Å². The van der Waals surface area contributed by atoms with Crippen LogP contribution >= 0.6 is 15.9 Å². The van der Waals surface area contributed by atoms with Crippen molar-refractivity contribution in [3.63, 3.8) is 0 Å². The zero-order valence-corrected chi connectivity index (χ0v) is 11.8. The Morgan fingerprint density at radius 2 is 2.22 bits per heavy atom. The molecule has 1 aromatic heterocycles. The van der Waals surface area contributed by atoms with Gasteiger partial charge in [-0.1, -0.05) is 22.0 Å². The van der Waals surface area contributed by atoms with Gasteiger partial charge in [0.05, 0.1) is 5.69 Å². The molecule has 0 amide bonds. The van der Waals surface area contributed by atoms with Crippen molar-refractivity contribution in [2.45, 2.75) is 19.9 Å². The van der Waals surface area contributed by atoms with Gasteiger partial charge >= 0.3 is 0 Å². The van der Waals surface area contributed by atoms with E-state index in [0.717, 1.165) is 35.4 Å². The second-order valence-electron chi connectivity index (χ2n) is 4.58. The monoisotopic (exact) mass is 303 g/mol. The lowest BCUT2D eigenvalue weighted by atomic mass is 10.1. The lowest BCUT2D eigenvalue weighted by Crippen LogP contribution is -2.25. The summed E-state index contributed by atoms with van der Waals surface area (Å²) in [7, 11) is 0.